The first-order valence-corrected chi connectivity index (χ1v) is 7.58. The number of carbonyl (C=O) groups excluding carboxylic acids is 1. The van der Waals surface area contributed by atoms with Crippen molar-refractivity contribution in [3.63, 3.8) is 0 Å². The number of rotatable bonds is 3. The summed E-state index contributed by atoms with van der Waals surface area (Å²) in [5.74, 6) is 0.580. The largest absolute Gasteiger partial charge is 0.481 e. The van der Waals surface area contributed by atoms with E-state index < -0.39 is 15.9 Å². The first-order chi connectivity index (χ1) is 8.98. The van der Waals surface area contributed by atoms with E-state index in [1.165, 1.54) is 13.3 Å². The third-order valence-corrected chi connectivity index (χ3v) is 4.54. The molecule has 0 radical (unpaired) electrons. The number of amides is 2. The van der Waals surface area contributed by atoms with Gasteiger partial charge in [0.05, 0.1) is 30.5 Å². The van der Waals surface area contributed by atoms with E-state index in [0.717, 1.165) is 0 Å². The Morgan fingerprint density at radius 1 is 1.47 bits per heavy atom. The predicted molar refractivity (Wildman–Crippen MR) is 70.0 cm³/mol. The second-order valence-electron chi connectivity index (χ2n) is 4.29. The van der Waals surface area contributed by atoms with Gasteiger partial charge in [0.15, 0.2) is 9.84 Å². The van der Waals surface area contributed by atoms with Gasteiger partial charge in [-0.25, -0.2) is 18.2 Å². The van der Waals surface area contributed by atoms with Crippen LogP contribution in [0.3, 0.4) is 0 Å². The number of pyridine rings is 1. The Hall–Kier alpha value is -1.83. The van der Waals surface area contributed by atoms with E-state index in [-0.39, 0.29) is 17.5 Å². The number of hydrogen-bond donors (Lipinski definition) is 2. The Morgan fingerprint density at radius 2 is 2.26 bits per heavy atom. The normalized spacial score (nSPS) is 20.8. The van der Waals surface area contributed by atoms with Crippen molar-refractivity contribution in [2.45, 2.75) is 12.5 Å². The molecule has 2 rings (SSSR count). The molecule has 104 valence electrons. The number of hydrogen-bond acceptors (Lipinski definition) is 5. The molecular weight excluding hydrogens is 270 g/mol. The Morgan fingerprint density at radius 3 is 2.79 bits per heavy atom. The molecule has 1 aromatic rings. The van der Waals surface area contributed by atoms with Gasteiger partial charge in [-0.1, -0.05) is 0 Å². The summed E-state index contributed by atoms with van der Waals surface area (Å²) in [6.07, 6.45) is 1.92. The SMILES string of the molecule is COc1ccc(NC(=O)N[C@H]2CCS(=O)(=O)C2)cn1. The third kappa shape index (κ3) is 3.82. The molecule has 1 atom stereocenters. The zero-order chi connectivity index (χ0) is 13.9. The summed E-state index contributed by atoms with van der Waals surface area (Å²) in [5.41, 5.74) is 0.513. The molecule has 19 heavy (non-hydrogen) atoms. The van der Waals surface area contributed by atoms with Gasteiger partial charge in [0.1, 0.15) is 0 Å². The van der Waals surface area contributed by atoms with E-state index >= 15 is 0 Å². The molecule has 1 saturated heterocycles. The monoisotopic (exact) mass is 285 g/mol. The van der Waals surface area contributed by atoms with E-state index in [1.54, 1.807) is 12.1 Å². The van der Waals surface area contributed by atoms with Crippen molar-refractivity contribution in [1.29, 1.82) is 0 Å². The number of methoxy groups -OCH3 is 1. The van der Waals surface area contributed by atoms with Gasteiger partial charge < -0.3 is 15.4 Å². The van der Waals surface area contributed by atoms with Crippen LogP contribution in [0.15, 0.2) is 18.3 Å². The highest BCUT2D eigenvalue weighted by Crippen LogP contribution is 2.13. The molecule has 0 aromatic carbocycles. The van der Waals surface area contributed by atoms with Crippen LogP contribution in [0.1, 0.15) is 6.42 Å². The van der Waals surface area contributed by atoms with E-state index in [1.807, 2.05) is 0 Å². The summed E-state index contributed by atoms with van der Waals surface area (Å²) in [4.78, 5) is 15.6. The zero-order valence-electron chi connectivity index (χ0n) is 10.4. The summed E-state index contributed by atoms with van der Waals surface area (Å²) < 4.78 is 27.4. The molecular formula is C11H15N3O4S. The minimum absolute atomic E-state index is 0.00127. The number of carbonyl (C=O) groups is 1. The Balaban J connectivity index is 1.87. The molecule has 1 aromatic heterocycles. The van der Waals surface area contributed by atoms with E-state index in [9.17, 15) is 13.2 Å². The van der Waals surface area contributed by atoms with Crippen molar-refractivity contribution >= 4 is 21.6 Å². The molecule has 7 nitrogen and oxygen atoms in total. The van der Waals surface area contributed by atoms with Crippen LogP contribution >= 0.6 is 0 Å². The lowest BCUT2D eigenvalue weighted by atomic mass is 10.3. The maximum Gasteiger partial charge on any atom is 0.319 e. The molecule has 2 N–H and O–H groups in total. The predicted octanol–water partition coefficient (Wildman–Crippen LogP) is 0.399. The zero-order valence-corrected chi connectivity index (χ0v) is 11.2. The number of nitrogens with zero attached hydrogens (tertiary/aromatic N) is 1. The number of sulfone groups is 1. The number of urea groups is 1. The maximum absolute atomic E-state index is 11.7. The highest BCUT2D eigenvalue weighted by atomic mass is 32.2. The Kier molecular flexibility index (Phi) is 3.89. The Bertz CT molecular complexity index is 556. The number of aromatic nitrogens is 1. The van der Waals surface area contributed by atoms with Crippen LogP contribution < -0.4 is 15.4 Å². The average molecular weight is 285 g/mol. The molecule has 0 unspecified atom stereocenters. The first kappa shape index (κ1) is 13.6. The molecule has 2 amide bonds. The lowest BCUT2D eigenvalue weighted by Crippen LogP contribution is -2.38. The number of anilines is 1. The van der Waals surface area contributed by atoms with Crippen molar-refractivity contribution in [2.75, 3.05) is 23.9 Å². The van der Waals surface area contributed by atoms with Crippen molar-refractivity contribution in [3.05, 3.63) is 18.3 Å². The summed E-state index contributed by atoms with van der Waals surface area (Å²) in [6.45, 7) is 0. The van der Waals surface area contributed by atoms with Gasteiger partial charge in [-0.15, -0.1) is 0 Å². The van der Waals surface area contributed by atoms with E-state index in [0.29, 0.717) is 18.0 Å². The fourth-order valence-electron chi connectivity index (χ4n) is 1.84. The van der Waals surface area contributed by atoms with Crippen LogP contribution in [0.2, 0.25) is 0 Å². The maximum atomic E-state index is 11.7. The van der Waals surface area contributed by atoms with Crippen LogP contribution in [-0.2, 0) is 9.84 Å². The van der Waals surface area contributed by atoms with Crippen molar-refractivity contribution < 1.29 is 17.9 Å². The average Bonchev–Trinajstić information content (AvgIpc) is 2.69. The first-order valence-electron chi connectivity index (χ1n) is 5.76. The van der Waals surface area contributed by atoms with Crippen molar-refractivity contribution in [3.8, 4) is 5.88 Å². The minimum atomic E-state index is -2.99. The second-order valence-corrected chi connectivity index (χ2v) is 6.52. The number of ether oxygens (including phenoxy) is 1. The van der Waals surface area contributed by atoms with Gasteiger partial charge in [0, 0.05) is 12.1 Å². The molecule has 2 heterocycles. The minimum Gasteiger partial charge on any atom is -0.481 e. The number of nitrogens with one attached hydrogen (secondary N) is 2. The Labute approximate surface area is 111 Å². The van der Waals surface area contributed by atoms with Crippen LogP contribution in [0.25, 0.3) is 0 Å². The smallest absolute Gasteiger partial charge is 0.319 e. The topological polar surface area (TPSA) is 97.4 Å². The van der Waals surface area contributed by atoms with Crippen LogP contribution in [0.5, 0.6) is 5.88 Å². The van der Waals surface area contributed by atoms with Gasteiger partial charge in [-0.05, 0) is 12.5 Å². The second kappa shape index (κ2) is 5.43. The van der Waals surface area contributed by atoms with Crippen LogP contribution in [0.4, 0.5) is 10.5 Å². The van der Waals surface area contributed by atoms with Gasteiger partial charge in [-0.3, -0.25) is 0 Å². The fourth-order valence-corrected chi connectivity index (χ4v) is 3.51. The molecule has 0 bridgehead atoms. The van der Waals surface area contributed by atoms with Crippen LogP contribution in [0, 0.1) is 0 Å². The third-order valence-electron chi connectivity index (χ3n) is 2.77. The molecule has 8 heteroatoms. The van der Waals surface area contributed by atoms with E-state index in [2.05, 4.69) is 15.6 Å². The van der Waals surface area contributed by atoms with Gasteiger partial charge in [0.25, 0.3) is 0 Å². The molecule has 1 aliphatic rings. The lowest BCUT2D eigenvalue weighted by molar-refractivity contribution is 0.249. The molecule has 1 fully saturated rings. The summed E-state index contributed by atoms with van der Waals surface area (Å²) in [6, 6.07) is 2.51. The highest BCUT2D eigenvalue weighted by Gasteiger charge is 2.28. The van der Waals surface area contributed by atoms with Crippen molar-refractivity contribution in [2.24, 2.45) is 0 Å². The molecule has 1 aliphatic heterocycles. The van der Waals surface area contributed by atoms with Gasteiger partial charge in [-0.2, -0.15) is 0 Å². The molecule has 0 aliphatic carbocycles. The van der Waals surface area contributed by atoms with Crippen molar-refractivity contribution in [1.82, 2.24) is 10.3 Å². The van der Waals surface area contributed by atoms with E-state index in [4.69, 9.17) is 4.74 Å². The quantitative estimate of drug-likeness (QED) is 0.837. The standard InChI is InChI=1S/C11H15N3O4S/c1-18-10-3-2-8(6-12-10)13-11(15)14-9-4-5-19(16,17)7-9/h2-3,6,9H,4-5,7H2,1H3,(H2,13,14,15)/t9-/m0/s1. The van der Waals surface area contributed by atoms with Gasteiger partial charge >= 0.3 is 6.03 Å². The fraction of sp³-hybridized carbons (Fsp3) is 0.455. The highest BCUT2D eigenvalue weighted by molar-refractivity contribution is 7.91. The van der Waals surface area contributed by atoms with Crippen LogP contribution in [-0.4, -0.2) is 44.1 Å². The summed E-state index contributed by atoms with van der Waals surface area (Å²) in [5, 5.41) is 5.21. The van der Waals surface area contributed by atoms with Gasteiger partial charge in [0.2, 0.25) is 5.88 Å². The summed E-state index contributed by atoms with van der Waals surface area (Å²) >= 11 is 0. The summed E-state index contributed by atoms with van der Waals surface area (Å²) in [7, 11) is -1.49. The lowest BCUT2D eigenvalue weighted by Gasteiger charge is -2.11. The molecule has 0 saturated carbocycles. The molecule has 0 spiro atoms.